The van der Waals surface area contributed by atoms with Crippen LogP contribution in [0.25, 0.3) is 0 Å². The van der Waals surface area contributed by atoms with Crippen molar-refractivity contribution in [3.05, 3.63) is 15.6 Å². The van der Waals surface area contributed by atoms with Crippen LogP contribution in [0.2, 0.25) is 0 Å². The molecular weight excluding hydrogens is 244 g/mol. The van der Waals surface area contributed by atoms with Crippen LogP contribution in [0.3, 0.4) is 0 Å². The van der Waals surface area contributed by atoms with E-state index in [1.165, 1.54) is 9.88 Å². The molecule has 1 rings (SSSR count). The van der Waals surface area contributed by atoms with Gasteiger partial charge in [0.15, 0.2) is 0 Å². The van der Waals surface area contributed by atoms with Gasteiger partial charge in [-0.1, -0.05) is 20.8 Å². The maximum absolute atomic E-state index is 5.33. The Bertz CT molecular complexity index is 368. The maximum Gasteiger partial charge on any atom is 0.0985 e. The quantitative estimate of drug-likeness (QED) is 0.804. The minimum Gasteiger partial charge on any atom is -0.380 e. The number of aromatic nitrogens is 1. The van der Waals surface area contributed by atoms with E-state index in [2.05, 4.69) is 39.9 Å². The fourth-order valence-electron chi connectivity index (χ4n) is 1.72. The van der Waals surface area contributed by atoms with Gasteiger partial charge in [-0.2, -0.15) is 0 Å². The fourth-order valence-corrected chi connectivity index (χ4v) is 2.87. The number of hydrogen-bond acceptors (Lipinski definition) is 4. The van der Waals surface area contributed by atoms with E-state index in [0.29, 0.717) is 6.04 Å². The van der Waals surface area contributed by atoms with E-state index >= 15 is 0 Å². The second-order valence-corrected chi connectivity index (χ2v) is 6.62. The average molecular weight is 270 g/mol. The van der Waals surface area contributed by atoms with Crippen molar-refractivity contribution in [2.75, 3.05) is 19.8 Å². The molecule has 1 atom stereocenters. The van der Waals surface area contributed by atoms with E-state index in [0.717, 1.165) is 25.5 Å². The van der Waals surface area contributed by atoms with Gasteiger partial charge < -0.3 is 10.1 Å². The Labute approximate surface area is 115 Å². The summed E-state index contributed by atoms with van der Waals surface area (Å²) in [4.78, 5) is 6.04. The summed E-state index contributed by atoms with van der Waals surface area (Å²) in [5.41, 5.74) is 1.29. The first-order valence-corrected chi connectivity index (χ1v) is 7.46. The van der Waals surface area contributed by atoms with Crippen LogP contribution in [0, 0.1) is 6.92 Å². The smallest absolute Gasteiger partial charge is 0.0985 e. The second-order valence-electron chi connectivity index (χ2n) is 5.59. The predicted molar refractivity (Wildman–Crippen MR) is 78.5 cm³/mol. The monoisotopic (exact) mass is 270 g/mol. The average Bonchev–Trinajstić information content (AvgIpc) is 2.66. The van der Waals surface area contributed by atoms with Gasteiger partial charge in [-0.05, 0) is 20.8 Å². The van der Waals surface area contributed by atoms with E-state index in [9.17, 15) is 0 Å². The molecule has 0 aliphatic carbocycles. The van der Waals surface area contributed by atoms with Gasteiger partial charge in [0.05, 0.1) is 17.3 Å². The molecule has 1 unspecified atom stereocenters. The van der Waals surface area contributed by atoms with Gasteiger partial charge in [0, 0.05) is 29.5 Å². The lowest BCUT2D eigenvalue weighted by Crippen LogP contribution is -2.23. The molecule has 0 radical (unpaired) electrons. The van der Waals surface area contributed by atoms with Crippen molar-refractivity contribution in [3.63, 3.8) is 0 Å². The molecule has 0 spiro atoms. The maximum atomic E-state index is 5.33. The first-order valence-electron chi connectivity index (χ1n) is 6.65. The third kappa shape index (κ3) is 4.34. The summed E-state index contributed by atoms with van der Waals surface area (Å²) in [6.07, 6.45) is 0. The van der Waals surface area contributed by atoms with Crippen molar-refractivity contribution in [1.82, 2.24) is 10.3 Å². The highest BCUT2D eigenvalue weighted by Gasteiger charge is 2.22. The Balaban J connectivity index is 2.63. The van der Waals surface area contributed by atoms with Crippen molar-refractivity contribution in [2.45, 2.75) is 53.0 Å². The molecule has 1 aromatic heterocycles. The number of aryl methyl sites for hydroxylation is 1. The number of rotatable bonds is 6. The zero-order chi connectivity index (χ0) is 13.8. The van der Waals surface area contributed by atoms with Crippen LogP contribution < -0.4 is 5.32 Å². The molecule has 1 N–H and O–H groups in total. The first kappa shape index (κ1) is 15.6. The third-order valence-corrected chi connectivity index (χ3v) is 4.53. The highest BCUT2D eigenvalue weighted by atomic mass is 32.1. The standard InChI is InChI=1S/C14H26N2OS/c1-7-17-9-8-15-10(2)12-11(3)16-13(18-12)14(4,5)6/h10,15H,7-9H2,1-6H3. The lowest BCUT2D eigenvalue weighted by atomic mass is 9.98. The number of nitrogens with zero attached hydrogens (tertiary/aromatic N) is 1. The number of hydrogen-bond donors (Lipinski definition) is 1. The molecule has 0 saturated heterocycles. The van der Waals surface area contributed by atoms with E-state index in [-0.39, 0.29) is 5.41 Å². The van der Waals surface area contributed by atoms with Crippen LogP contribution in [-0.4, -0.2) is 24.7 Å². The molecule has 0 saturated carbocycles. The molecule has 0 aliphatic heterocycles. The normalized spacial score (nSPS) is 13.9. The Morgan fingerprint density at radius 1 is 1.39 bits per heavy atom. The van der Waals surface area contributed by atoms with E-state index in [1.54, 1.807) is 0 Å². The van der Waals surface area contributed by atoms with Crippen LogP contribution in [-0.2, 0) is 10.2 Å². The Kier molecular flexibility index (Phi) is 5.76. The Morgan fingerprint density at radius 2 is 2.06 bits per heavy atom. The van der Waals surface area contributed by atoms with Gasteiger partial charge in [-0.15, -0.1) is 11.3 Å². The van der Waals surface area contributed by atoms with E-state index < -0.39 is 0 Å². The molecule has 18 heavy (non-hydrogen) atoms. The summed E-state index contributed by atoms with van der Waals surface area (Å²) in [7, 11) is 0. The highest BCUT2D eigenvalue weighted by molar-refractivity contribution is 7.12. The first-order chi connectivity index (χ1) is 8.36. The molecule has 1 heterocycles. The summed E-state index contributed by atoms with van der Waals surface area (Å²) in [6, 6.07) is 0.346. The Hall–Kier alpha value is -0.450. The lowest BCUT2D eigenvalue weighted by molar-refractivity contribution is 0.147. The summed E-state index contributed by atoms with van der Waals surface area (Å²) in [5.74, 6) is 0. The second kappa shape index (κ2) is 6.64. The largest absolute Gasteiger partial charge is 0.380 e. The van der Waals surface area contributed by atoms with Crippen LogP contribution in [0.15, 0.2) is 0 Å². The van der Waals surface area contributed by atoms with E-state index in [4.69, 9.17) is 9.72 Å². The molecule has 3 nitrogen and oxygen atoms in total. The minimum absolute atomic E-state index is 0.138. The van der Waals surface area contributed by atoms with Gasteiger partial charge in [-0.25, -0.2) is 4.98 Å². The molecular formula is C14H26N2OS. The minimum atomic E-state index is 0.138. The van der Waals surface area contributed by atoms with Crippen LogP contribution in [0.4, 0.5) is 0 Å². The van der Waals surface area contributed by atoms with Crippen LogP contribution in [0.5, 0.6) is 0 Å². The zero-order valence-electron chi connectivity index (χ0n) is 12.5. The highest BCUT2D eigenvalue weighted by Crippen LogP contribution is 2.32. The summed E-state index contributed by atoms with van der Waals surface area (Å²) in [5, 5.41) is 4.70. The third-order valence-electron chi connectivity index (χ3n) is 2.77. The topological polar surface area (TPSA) is 34.1 Å². The molecule has 0 aromatic carbocycles. The molecule has 4 heteroatoms. The predicted octanol–water partition coefficient (Wildman–Crippen LogP) is 3.44. The van der Waals surface area contributed by atoms with Crippen LogP contribution in [0.1, 0.15) is 56.2 Å². The Morgan fingerprint density at radius 3 is 2.56 bits per heavy atom. The molecule has 0 aliphatic rings. The number of nitrogens with one attached hydrogen (secondary N) is 1. The molecule has 104 valence electrons. The van der Waals surface area contributed by atoms with Crippen molar-refractivity contribution < 1.29 is 4.74 Å². The summed E-state index contributed by atoms with van der Waals surface area (Å²) >= 11 is 1.82. The summed E-state index contributed by atoms with van der Waals surface area (Å²) < 4.78 is 5.33. The van der Waals surface area contributed by atoms with Crippen LogP contribution >= 0.6 is 11.3 Å². The lowest BCUT2D eigenvalue weighted by Gasteiger charge is -2.14. The molecule has 0 bridgehead atoms. The van der Waals surface area contributed by atoms with Gasteiger partial charge in [0.2, 0.25) is 0 Å². The van der Waals surface area contributed by atoms with Gasteiger partial charge in [0.25, 0.3) is 0 Å². The fraction of sp³-hybridized carbons (Fsp3) is 0.786. The molecule has 1 aromatic rings. The van der Waals surface area contributed by atoms with Crippen molar-refractivity contribution in [3.8, 4) is 0 Å². The van der Waals surface area contributed by atoms with Gasteiger partial charge in [0.1, 0.15) is 0 Å². The number of thiazole rings is 1. The van der Waals surface area contributed by atoms with Gasteiger partial charge >= 0.3 is 0 Å². The SMILES string of the molecule is CCOCCNC(C)c1sc(C(C)(C)C)nc1C. The number of ether oxygens (including phenoxy) is 1. The van der Waals surface area contributed by atoms with Gasteiger partial charge in [-0.3, -0.25) is 0 Å². The molecule has 0 fully saturated rings. The molecule has 0 amide bonds. The van der Waals surface area contributed by atoms with E-state index in [1.807, 2.05) is 18.3 Å². The summed E-state index contributed by atoms with van der Waals surface area (Å²) in [6.45, 7) is 15.4. The zero-order valence-corrected chi connectivity index (χ0v) is 13.3. The van der Waals surface area contributed by atoms with Crippen molar-refractivity contribution >= 4 is 11.3 Å². The van der Waals surface area contributed by atoms with Crippen molar-refractivity contribution in [1.29, 1.82) is 0 Å². The van der Waals surface area contributed by atoms with Crippen molar-refractivity contribution in [2.24, 2.45) is 0 Å².